The van der Waals surface area contributed by atoms with Gasteiger partial charge in [-0.15, -0.1) is 0 Å². The molecule has 1 saturated carbocycles. The third-order valence-corrected chi connectivity index (χ3v) is 4.81. The lowest BCUT2D eigenvalue weighted by molar-refractivity contribution is -0.149. The average molecular weight is 290 g/mol. The first-order chi connectivity index (χ1) is 9.79. The Balaban J connectivity index is 2.02. The van der Waals surface area contributed by atoms with Gasteiger partial charge in [0.1, 0.15) is 5.75 Å². The van der Waals surface area contributed by atoms with Crippen LogP contribution in [0, 0.1) is 17.3 Å². The summed E-state index contributed by atoms with van der Waals surface area (Å²) in [6, 6.07) is 7.44. The predicted octanol–water partition coefficient (Wildman–Crippen LogP) is 4.41. The van der Waals surface area contributed by atoms with Crippen LogP contribution >= 0.6 is 0 Å². The minimum Gasteiger partial charge on any atom is -0.508 e. The van der Waals surface area contributed by atoms with Crippen LogP contribution in [0.15, 0.2) is 24.3 Å². The maximum atomic E-state index is 11.6. The van der Waals surface area contributed by atoms with Gasteiger partial charge in [0.2, 0.25) is 0 Å². The van der Waals surface area contributed by atoms with Gasteiger partial charge in [-0.05, 0) is 60.6 Å². The van der Waals surface area contributed by atoms with Crippen LogP contribution in [0.3, 0.4) is 0 Å². The van der Waals surface area contributed by atoms with Gasteiger partial charge in [0.05, 0.1) is 5.92 Å². The van der Waals surface area contributed by atoms with Gasteiger partial charge in [0.25, 0.3) is 0 Å². The van der Waals surface area contributed by atoms with E-state index in [2.05, 4.69) is 0 Å². The highest BCUT2D eigenvalue weighted by atomic mass is 16.4. The molecule has 2 N–H and O–H groups in total. The second kappa shape index (κ2) is 6.08. The lowest BCUT2D eigenvalue weighted by Crippen LogP contribution is -2.36. The van der Waals surface area contributed by atoms with E-state index in [-0.39, 0.29) is 17.3 Å². The molecule has 0 aromatic heterocycles. The molecule has 1 fully saturated rings. The number of aromatic hydroxyl groups is 1. The molecule has 0 radical (unpaired) electrons. The Morgan fingerprint density at radius 1 is 1.10 bits per heavy atom. The van der Waals surface area contributed by atoms with Gasteiger partial charge in [-0.3, -0.25) is 4.79 Å². The van der Waals surface area contributed by atoms with Crippen molar-refractivity contribution in [3.05, 3.63) is 29.8 Å². The molecule has 0 amide bonds. The van der Waals surface area contributed by atoms with Gasteiger partial charge in [-0.1, -0.05) is 32.9 Å². The smallest absolute Gasteiger partial charge is 0.307 e. The molecule has 1 aliphatic rings. The van der Waals surface area contributed by atoms with Gasteiger partial charge in [0.15, 0.2) is 0 Å². The van der Waals surface area contributed by atoms with Gasteiger partial charge in [-0.25, -0.2) is 0 Å². The zero-order valence-corrected chi connectivity index (χ0v) is 13.2. The zero-order chi connectivity index (χ0) is 15.6. The molecule has 3 nitrogen and oxygen atoms in total. The highest BCUT2D eigenvalue weighted by Gasteiger charge is 2.39. The number of aliphatic carboxylic acids is 1. The van der Waals surface area contributed by atoms with Gasteiger partial charge in [-0.2, -0.15) is 0 Å². The summed E-state index contributed by atoms with van der Waals surface area (Å²) in [5.74, 6) is 0.145. The Hall–Kier alpha value is -1.51. The molecule has 0 spiro atoms. The molecule has 1 aliphatic carbocycles. The first kappa shape index (κ1) is 15.9. The number of carboxylic acid groups (broad SMARTS) is 1. The third kappa shape index (κ3) is 3.78. The molecule has 3 heteroatoms. The summed E-state index contributed by atoms with van der Waals surface area (Å²) in [5, 5.41) is 18.9. The standard InChI is InChI=1S/C18H26O3/c1-18(2,3)16(17(20)21)14-6-4-12(5-7-14)13-8-10-15(19)11-9-13/h8-12,14,16,19H,4-7H2,1-3H3,(H,20,21). The number of rotatable bonds is 3. The van der Waals surface area contributed by atoms with Crippen LogP contribution in [0.1, 0.15) is 57.9 Å². The Labute approximate surface area is 127 Å². The molecule has 0 aliphatic heterocycles. The summed E-state index contributed by atoms with van der Waals surface area (Å²) in [6.07, 6.45) is 4.02. The second-order valence-corrected chi connectivity index (χ2v) is 7.39. The van der Waals surface area contributed by atoms with Crippen LogP contribution in [0.4, 0.5) is 0 Å². The van der Waals surface area contributed by atoms with Crippen LogP contribution in [-0.2, 0) is 4.79 Å². The summed E-state index contributed by atoms with van der Waals surface area (Å²) < 4.78 is 0. The summed E-state index contributed by atoms with van der Waals surface area (Å²) in [6.45, 7) is 6.08. The zero-order valence-electron chi connectivity index (χ0n) is 13.2. The molecule has 0 saturated heterocycles. The van der Waals surface area contributed by atoms with Crippen molar-refractivity contribution in [2.75, 3.05) is 0 Å². The topological polar surface area (TPSA) is 57.5 Å². The monoisotopic (exact) mass is 290 g/mol. The van der Waals surface area contributed by atoms with E-state index >= 15 is 0 Å². The third-order valence-electron chi connectivity index (χ3n) is 4.81. The summed E-state index contributed by atoms with van der Waals surface area (Å²) in [5.41, 5.74) is 1.07. The van der Waals surface area contributed by atoms with Crippen LogP contribution in [0.5, 0.6) is 5.75 Å². The average Bonchev–Trinajstić information content (AvgIpc) is 2.38. The molecule has 2 rings (SSSR count). The molecule has 116 valence electrons. The van der Waals surface area contributed by atoms with Crippen molar-refractivity contribution in [2.24, 2.45) is 17.3 Å². The Kier molecular flexibility index (Phi) is 4.60. The summed E-state index contributed by atoms with van der Waals surface area (Å²) in [7, 11) is 0. The van der Waals surface area contributed by atoms with E-state index in [0.717, 1.165) is 25.7 Å². The predicted molar refractivity (Wildman–Crippen MR) is 83.4 cm³/mol. The Morgan fingerprint density at radius 3 is 2.05 bits per heavy atom. The van der Waals surface area contributed by atoms with Crippen molar-refractivity contribution in [2.45, 2.75) is 52.4 Å². The minimum atomic E-state index is -0.657. The van der Waals surface area contributed by atoms with E-state index in [9.17, 15) is 15.0 Å². The maximum absolute atomic E-state index is 11.6. The van der Waals surface area contributed by atoms with E-state index < -0.39 is 5.97 Å². The fourth-order valence-electron chi connectivity index (χ4n) is 3.81. The van der Waals surface area contributed by atoms with E-state index in [1.165, 1.54) is 5.56 Å². The lowest BCUT2D eigenvalue weighted by Gasteiger charge is -2.38. The molecule has 0 bridgehead atoms. The quantitative estimate of drug-likeness (QED) is 0.866. The Morgan fingerprint density at radius 2 is 1.62 bits per heavy atom. The van der Waals surface area contributed by atoms with Crippen molar-refractivity contribution in [3.8, 4) is 5.75 Å². The fraction of sp³-hybridized carbons (Fsp3) is 0.611. The van der Waals surface area contributed by atoms with Crippen molar-refractivity contribution in [1.29, 1.82) is 0 Å². The number of phenolic OH excluding ortho intramolecular Hbond substituents is 1. The highest BCUT2D eigenvalue weighted by molar-refractivity contribution is 5.71. The minimum absolute atomic E-state index is 0.193. The normalized spacial score (nSPS) is 24.5. The van der Waals surface area contributed by atoms with E-state index in [1.54, 1.807) is 12.1 Å². The van der Waals surface area contributed by atoms with Crippen LogP contribution in [0.25, 0.3) is 0 Å². The SMILES string of the molecule is CC(C)(C)C(C(=O)O)C1CCC(c2ccc(O)cc2)CC1. The number of carbonyl (C=O) groups is 1. The molecule has 1 unspecified atom stereocenters. The van der Waals surface area contributed by atoms with Crippen LogP contribution in [0.2, 0.25) is 0 Å². The summed E-state index contributed by atoms with van der Waals surface area (Å²) in [4.78, 5) is 11.6. The lowest BCUT2D eigenvalue weighted by atomic mass is 9.66. The molecule has 1 atom stereocenters. The van der Waals surface area contributed by atoms with Crippen LogP contribution in [-0.4, -0.2) is 16.2 Å². The van der Waals surface area contributed by atoms with Crippen LogP contribution < -0.4 is 0 Å². The molecular formula is C18H26O3. The van der Waals surface area contributed by atoms with Crippen molar-refractivity contribution in [1.82, 2.24) is 0 Å². The number of carboxylic acids is 1. The molecule has 1 aromatic carbocycles. The molecule has 1 aromatic rings. The second-order valence-electron chi connectivity index (χ2n) is 7.39. The molecular weight excluding hydrogens is 264 g/mol. The number of phenols is 1. The van der Waals surface area contributed by atoms with Crippen molar-refractivity contribution in [3.63, 3.8) is 0 Å². The van der Waals surface area contributed by atoms with Gasteiger partial charge in [0, 0.05) is 0 Å². The first-order valence-corrected chi connectivity index (χ1v) is 7.81. The Bertz CT molecular complexity index is 476. The number of benzene rings is 1. The highest BCUT2D eigenvalue weighted by Crippen LogP contribution is 2.44. The van der Waals surface area contributed by atoms with Gasteiger partial charge >= 0.3 is 5.97 Å². The maximum Gasteiger partial charge on any atom is 0.307 e. The van der Waals surface area contributed by atoms with Crippen molar-refractivity contribution >= 4 is 5.97 Å². The molecule has 21 heavy (non-hydrogen) atoms. The van der Waals surface area contributed by atoms with Gasteiger partial charge < -0.3 is 10.2 Å². The molecule has 0 heterocycles. The number of hydrogen-bond donors (Lipinski definition) is 2. The van der Waals surface area contributed by atoms with E-state index in [4.69, 9.17) is 0 Å². The summed E-state index contributed by atoms with van der Waals surface area (Å²) >= 11 is 0. The van der Waals surface area contributed by atoms with E-state index in [1.807, 2.05) is 32.9 Å². The first-order valence-electron chi connectivity index (χ1n) is 7.81. The largest absolute Gasteiger partial charge is 0.508 e. The van der Waals surface area contributed by atoms with E-state index in [0.29, 0.717) is 11.7 Å². The number of hydrogen-bond acceptors (Lipinski definition) is 2. The van der Waals surface area contributed by atoms with Crippen molar-refractivity contribution < 1.29 is 15.0 Å². The fourth-order valence-corrected chi connectivity index (χ4v) is 3.81.